The van der Waals surface area contributed by atoms with Gasteiger partial charge in [-0.15, -0.1) is 11.6 Å². The van der Waals surface area contributed by atoms with Crippen LogP contribution in [-0.4, -0.2) is 43.5 Å². The van der Waals surface area contributed by atoms with Gasteiger partial charge in [0.2, 0.25) is 0 Å². The SMILES string of the molecule is CC(CCl)CN1CCN(c2ccccc2F)CC1. The molecule has 1 unspecified atom stereocenters. The van der Waals surface area contributed by atoms with Crippen molar-refractivity contribution in [2.45, 2.75) is 6.92 Å². The molecule has 1 saturated heterocycles. The van der Waals surface area contributed by atoms with Crippen molar-refractivity contribution in [1.29, 1.82) is 0 Å². The molecule has 2 rings (SSSR count). The number of hydrogen-bond acceptors (Lipinski definition) is 2. The van der Waals surface area contributed by atoms with Crippen molar-refractivity contribution in [3.05, 3.63) is 30.1 Å². The number of halogens is 2. The Morgan fingerprint density at radius 1 is 1.22 bits per heavy atom. The van der Waals surface area contributed by atoms with Gasteiger partial charge in [-0.05, 0) is 18.1 Å². The lowest BCUT2D eigenvalue weighted by atomic mass is 10.1. The Kier molecular flexibility index (Phi) is 4.84. The van der Waals surface area contributed by atoms with Gasteiger partial charge in [0.05, 0.1) is 5.69 Å². The molecule has 4 heteroatoms. The number of anilines is 1. The molecule has 0 N–H and O–H groups in total. The lowest BCUT2D eigenvalue weighted by molar-refractivity contribution is 0.232. The van der Waals surface area contributed by atoms with Crippen molar-refractivity contribution in [3.8, 4) is 0 Å². The summed E-state index contributed by atoms with van der Waals surface area (Å²) in [5.74, 6) is 1.10. The fraction of sp³-hybridized carbons (Fsp3) is 0.571. The van der Waals surface area contributed by atoms with Crippen LogP contribution in [0.4, 0.5) is 10.1 Å². The maximum atomic E-state index is 13.7. The highest BCUT2D eigenvalue weighted by Gasteiger charge is 2.19. The summed E-state index contributed by atoms with van der Waals surface area (Å²) in [6.45, 7) is 6.93. The molecule has 0 aromatic heterocycles. The minimum atomic E-state index is -0.125. The van der Waals surface area contributed by atoms with E-state index in [1.807, 2.05) is 12.1 Å². The van der Waals surface area contributed by atoms with Crippen molar-refractivity contribution in [3.63, 3.8) is 0 Å². The number of nitrogens with zero attached hydrogens (tertiary/aromatic N) is 2. The van der Waals surface area contributed by atoms with Crippen molar-refractivity contribution < 1.29 is 4.39 Å². The minimum absolute atomic E-state index is 0.125. The van der Waals surface area contributed by atoms with Crippen LogP contribution in [0.3, 0.4) is 0 Å². The van der Waals surface area contributed by atoms with E-state index in [-0.39, 0.29) is 5.82 Å². The standard InChI is InChI=1S/C14H20ClFN2/c1-12(10-15)11-17-6-8-18(9-7-17)14-5-3-2-4-13(14)16/h2-5,12H,6-11H2,1H3. The van der Waals surface area contributed by atoms with Gasteiger partial charge < -0.3 is 4.90 Å². The molecule has 100 valence electrons. The monoisotopic (exact) mass is 270 g/mol. The van der Waals surface area contributed by atoms with Gasteiger partial charge in [0.1, 0.15) is 5.82 Å². The highest BCUT2D eigenvalue weighted by molar-refractivity contribution is 6.18. The van der Waals surface area contributed by atoms with E-state index in [0.29, 0.717) is 11.8 Å². The summed E-state index contributed by atoms with van der Waals surface area (Å²) in [7, 11) is 0. The maximum absolute atomic E-state index is 13.7. The van der Waals surface area contributed by atoms with Gasteiger partial charge in [0, 0.05) is 38.6 Å². The molecule has 0 saturated carbocycles. The van der Waals surface area contributed by atoms with Crippen molar-refractivity contribution in [2.75, 3.05) is 43.5 Å². The normalized spacial score (nSPS) is 18.9. The molecule has 0 aliphatic carbocycles. The smallest absolute Gasteiger partial charge is 0.146 e. The molecule has 1 aromatic carbocycles. The van der Waals surface area contributed by atoms with Crippen LogP contribution >= 0.6 is 11.6 Å². The van der Waals surface area contributed by atoms with Crippen molar-refractivity contribution in [1.82, 2.24) is 4.90 Å². The van der Waals surface area contributed by atoms with Gasteiger partial charge in [-0.2, -0.15) is 0 Å². The number of alkyl halides is 1. The molecule has 1 aliphatic heterocycles. The molecule has 18 heavy (non-hydrogen) atoms. The zero-order chi connectivity index (χ0) is 13.0. The van der Waals surface area contributed by atoms with Gasteiger partial charge >= 0.3 is 0 Å². The quantitative estimate of drug-likeness (QED) is 0.777. The number of para-hydroxylation sites is 1. The molecule has 0 radical (unpaired) electrons. The molecular weight excluding hydrogens is 251 g/mol. The molecule has 0 spiro atoms. The Labute approximate surface area is 113 Å². The molecule has 1 aliphatic rings. The predicted molar refractivity (Wildman–Crippen MR) is 74.9 cm³/mol. The van der Waals surface area contributed by atoms with E-state index in [2.05, 4.69) is 16.7 Å². The fourth-order valence-corrected chi connectivity index (χ4v) is 2.47. The van der Waals surface area contributed by atoms with Gasteiger partial charge in [0.15, 0.2) is 0 Å². The fourth-order valence-electron chi connectivity index (χ4n) is 2.37. The molecular formula is C14H20ClFN2. The summed E-state index contributed by atoms with van der Waals surface area (Å²) in [5.41, 5.74) is 0.725. The second-order valence-electron chi connectivity index (χ2n) is 5.00. The Morgan fingerprint density at radius 3 is 2.50 bits per heavy atom. The summed E-state index contributed by atoms with van der Waals surface area (Å²) < 4.78 is 13.7. The van der Waals surface area contributed by atoms with Crippen molar-refractivity contribution in [2.24, 2.45) is 5.92 Å². The average molecular weight is 271 g/mol. The molecule has 1 atom stereocenters. The molecule has 0 amide bonds. The molecule has 1 fully saturated rings. The molecule has 2 nitrogen and oxygen atoms in total. The van der Waals surface area contributed by atoms with E-state index in [4.69, 9.17) is 11.6 Å². The highest BCUT2D eigenvalue weighted by Crippen LogP contribution is 2.20. The van der Waals surface area contributed by atoms with E-state index in [0.717, 1.165) is 38.4 Å². The highest BCUT2D eigenvalue weighted by atomic mass is 35.5. The Morgan fingerprint density at radius 2 is 1.89 bits per heavy atom. The van der Waals surface area contributed by atoms with Gasteiger partial charge in [0.25, 0.3) is 0 Å². The zero-order valence-corrected chi connectivity index (χ0v) is 11.5. The van der Waals surface area contributed by atoms with Crippen LogP contribution in [0.25, 0.3) is 0 Å². The van der Waals surface area contributed by atoms with Crippen LogP contribution in [0.15, 0.2) is 24.3 Å². The third kappa shape index (κ3) is 3.36. The third-order valence-corrected chi connectivity index (χ3v) is 3.93. The summed E-state index contributed by atoms with van der Waals surface area (Å²) in [5, 5.41) is 0. The number of benzene rings is 1. The maximum Gasteiger partial charge on any atom is 0.146 e. The Bertz CT molecular complexity index is 378. The van der Waals surface area contributed by atoms with Crippen LogP contribution in [-0.2, 0) is 0 Å². The van der Waals surface area contributed by atoms with Crippen LogP contribution in [0.2, 0.25) is 0 Å². The van der Waals surface area contributed by atoms with E-state index in [1.165, 1.54) is 6.07 Å². The van der Waals surface area contributed by atoms with E-state index in [1.54, 1.807) is 6.07 Å². The summed E-state index contributed by atoms with van der Waals surface area (Å²) in [6, 6.07) is 7.00. The van der Waals surface area contributed by atoms with Crippen LogP contribution in [0, 0.1) is 11.7 Å². The second-order valence-corrected chi connectivity index (χ2v) is 5.31. The van der Waals surface area contributed by atoms with Crippen LogP contribution < -0.4 is 4.90 Å². The van der Waals surface area contributed by atoms with E-state index >= 15 is 0 Å². The summed E-state index contributed by atoms with van der Waals surface area (Å²) in [4.78, 5) is 4.53. The summed E-state index contributed by atoms with van der Waals surface area (Å²) >= 11 is 5.83. The lowest BCUT2D eigenvalue weighted by Gasteiger charge is -2.37. The second kappa shape index (κ2) is 6.39. The van der Waals surface area contributed by atoms with E-state index in [9.17, 15) is 4.39 Å². The third-order valence-electron chi connectivity index (χ3n) is 3.40. The first-order valence-corrected chi connectivity index (χ1v) is 7.02. The largest absolute Gasteiger partial charge is 0.367 e. The average Bonchev–Trinajstić information content (AvgIpc) is 2.40. The van der Waals surface area contributed by atoms with Crippen LogP contribution in [0.1, 0.15) is 6.92 Å². The first-order chi connectivity index (χ1) is 8.70. The van der Waals surface area contributed by atoms with Crippen LogP contribution in [0.5, 0.6) is 0 Å². The number of rotatable bonds is 4. The van der Waals surface area contributed by atoms with E-state index < -0.39 is 0 Å². The van der Waals surface area contributed by atoms with Gasteiger partial charge in [-0.25, -0.2) is 4.39 Å². The van der Waals surface area contributed by atoms with Gasteiger partial charge in [-0.3, -0.25) is 4.90 Å². The zero-order valence-electron chi connectivity index (χ0n) is 10.8. The molecule has 1 heterocycles. The molecule has 1 aromatic rings. The first-order valence-electron chi connectivity index (χ1n) is 6.48. The minimum Gasteiger partial charge on any atom is -0.367 e. The van der Waals surface area contributed by atoms with Gasteiger partial charge in [-0.1, -0.05) is 19.1 Å². The summed E-state index contributed by atoms with van der Waals surface area (Å²) in [6.07, 6.45) is 0. The number of piperazine rings is 1. The Hall–Kier alpha value is -0.800. The Balaban J connectivity index is 1.89. The predicted octanol–water partition coefficient (Wildman–Crippen LogP) is 2.82. The van der Waals surface area contributed by atoms with Crippen molar-refractivity contribution >= 4 is 17.3 Å². The number of hydrogen-bond donors (Lipinski definition) is 0. The first kappa shape index (κ1) is 13.6. The molecule has 0 bridgehead atoms. The lowest BCUT2D eigenvalue weighted by Crippen LogP contribution is -2.48. The topological polar surface area (TPSA) is 6.48 Å².